The van der Waals surface area contributed by atoms with Gasteiger partial charge in [0.05, 0.1) is 6.54 Å². The van der Waals surface area contributed by atoms with Gasteiger partial charge in [0.25, 0.3) is 0 Å². The molecule has 0 radical (unpaired) electrons. The Morgan fingerprint density at radius 2 is 1.92 bits per heavy atom. The molecule has 0 bridgehead atoms. The SMILES string of the molecule is CCNC(=NCCN(C)C1CCCCC1)NC1CCN(C(=O)CC)C1.I. The van der Waals surface area contributed by atoms with Crippen molar-refractivity contribution in [1.29, 1.82) is 0 Å². The molecule has 152 valence electrons. The minimum Gasteiger partial charge on any atom is -0.357 e. The van der Waals surface area contributed by atoms with E-state index >= 15 is 0 Å². The zero-order valence-electron chi connectivity index (χ0n) is 16.8. The van der Waals surface area contributed by atoms with Crippen LogP contribution < -0.4 is 10.6 Å². The van der Waals surface area contributed by atoms with E-state index in [1.807, 2.05) is 11.8 Å². The molecule has 1 aliphatic carbocycles. The summed E-state index contributed by atoms with van der Waals surface area (Å²) in [5.41, 5.74) is 0. The Bertz CT molecular complexity index is 440. The number of hydrogen-bond donors (Lipinski definition) is 2. The smallest absolute Gasteiger partial charge is 0.222 e. The van der Waals surface area contributed by atoms with E-state index in [4.69, 9.17) is 4.99 Å². The van der Waals surface area contributed by atoms with Crippen molar-refractivity contribution in [1.82, 2.24) is 20.4 Å². The van der Waals surface area contributed by atoms with Gasteiger partial charge in [0.1, 0.15) is 0 Å². The van der Waals surface area contributed by atoms with Gasteiger partial charge in [-0.3, -0.25) is 9.79 Å². The first-order valence-electron chi connectivity index (χ1n) is 10.2. The number of rotatable bonds is 7. The summed E-state index contributed by atoms with van der Waals surface area (Å²) < 4.78 is 0. The molecule has 1 heterocycles. The molecule has 0 aromatic carbocycles. The fourth-order valence-corrected chi connectivity index (χ4v) is 3.87. The number of aliphatic imine (C=N–C) groups is 1. The molecule has 0 aromatic rings. The molecule has 1 aliphatic heterocycles. The second-order valence-corrected chi connectivity index (χ2v) is 7.36. The van der Waals surface area contributed by atoms with Crippen LogP contribution in [0.15, 0.2) is 4.99 Å². The van der Waals surface area contributed by atoms with Crippen LogP contribution in [0.1, 0.15) is 58.8 Å². The lowest BCUT2D eigenvalue weighted by Crippen LogP contribution is -2.45. The van der Waals surface area contributed by atoms with Crippen molar-refractivity contribution in [3.63, 3.8) is 0 Å². The molecule has 6 nitrogen and oxygen atoms in total. The maximum atomic E-state index is 11.8. The first kappa shape index (κ1) is 23.5. The molecule has 2 rings (SSSR count). The third-order valence-corrected chi connectivity index (χ3v) is 5.45. The van der Waals surface area contributed by atoms with E-state index in [2.05, 4.69) is 29.5 Å². The minimum atomic E-state index is 0. The van der Waals surface area contributed by atoms with Crippen molar-refractivity contribution in [2.75, 3.05) is 39.8 Å². The van der Waals surface area contributed by atoms with Gasteiger partial charge in [0.2, 0.25) is 5.91 Å². The molecule has 1 saturated heterocycles. The molecule has 1 atom stereocenters. The van der Waals surface area contributed by atoms with Crippen LogP contribution in [0.3, 0.4) is 0 Å². The normalized spacial score (nSPS) is 21.6. The fraction of sp³-hybridized carbons (Fsp3) is 0.895. The summed E-state index contributed by atoms with van der Waals surface area (Å²) in [6.45, 7) is 8.34. The highest BCUT2D eigenvalue weighted by molar-refractivity contribution is 14.0. The lowest BCUT2D eigenvalue weighted by Gasteiger charge is -2.30. The predicted molar refractivity (Wildman–Crippen MR) is 119 cm³/mol. The third-order valence-electron chi connectivity index (χ3n) is 5.45. The first-order chi connectivity index (χ1) is 12.1. The van der Waals surface area contributed by atoms with Gasteiger partial charge in [-0.15, -0.1) is 24.0 Å². The first-order valence-corrected chi connectivity index (χ1v) is 10.2. The highest BCUT2D eigenvalue weighted by Gasteiger charge is 2.25. The molecule has 1 saturated carbocycles. The number of hydrogen-bond acceptors (Lipinski definition) is 3. The van der Waals surface area contributed by atoms with Gasteiger partial charge >= 0.3 is 0 Å². The van der Waals surface area contributed by atoms with E-state index in [-0.39, 0.29) is 29.9 Å². The Morgan fingerprint density at radius 1 is 1.19 bits per heavy atom. The van der Waals surface area contributed by atoms with Crippen LogP contribution in [-0.2, 0) is 4.79 Å². The van der Waals surface area contributed by atoms with E-state index in [9.17, 15) is 4.79 Å². The van der Waals surface area contributed by atoms with Crippen LogP contribution in [-0.4, -0.2) is 73.5 Å². The molecular formula is C19H38IN5O. The van der Waals surface area contributed by atoms with Crippen LogP contribution in [0.25, 0.3) is 0 Å². The molecule has 2 aliphatic rings. The number of amides is 1. The molecule has 1 amide bonds. The van der Waals surface area contributed by atoms with Crippen molar-refractivity contribution in [2.45, 2.75) is 70.9 Å². The fourth-order valence-electron chi connectivity index (χ4n) is 3.87. The molecule has 26 heavy (non-hydrogen) atoms. The molecule has 0 spiro atoms. The molecule has 0 aromatic heterocycles. The summed E-state index contributed by atoms with van der Waals surface area (Å²) >= 11 is 0. The lowest BCUT2D eigenvalue weighted by molar-refractivity contribution is -0.129. The monoisotopic (exact) mass is 479 g/mol. The average molecular weight is 479 g/mol. The second kappa shape index (κ2) is 12.8. The van der Waals surface area contributed by atoms with Gasteiger partial charge < -0.3 is 20.4 Å². The van der Waals surface area contributed by atoms with Gasteiger partial charge in [-0.05, 0) is 33.2 Å². The number of halogens is 1. The number of nitrogens with zero attached hydrogens (tertiary/aromatic N) is 3. The second-order valence-electron chi connectivity index (χ2n) is 7.36. The van der Waals surface area contributed by atoms with Crippen molar-refractivity contribution in [2.24, 2.45) is 4.99 Å². The number of carbonyl (C=O) groups excluding carboxylic acids is 1. The Kier molecular flexibility index (Phi) is 11.5. The molecule has 2 N–H and O–H groups in total. The maximum absolute atomic E-state index is 11.8. The summed E-state index contributed by atoms with van der Waals surface area (Å²) in [7, 11) is 2.23. The Labute approximate surface area is 176 Å². The Morgan fingerprint density at radius 3 is 2.58 bits per heavy atom. The van der Waals surface area contributed by atoms with Crippen LogP contribution in [0.2, 0.25) is 0 Å². The van der Waals surface area contributed by atoms with Gasteiger partial charge in [0, 0.05) is 44.7 Å². The van der Waals surface area contributed by atoms with E-state index in [1.54, 1.807) is 0 Å². The van der Waals surface area contributed by atoms with Crippen LogP contribution >= 0.6 is 24.0 Å². The highest BCUT2D eigenvalue weighted by atomic mass is 127. The van der Waals surface area contributed by atoms with Gasteiger partial charge in [-0.25, -0.2) is 0 Å². The summed E-state index contributed by atoms with van der Waals surface area (Å²) in [6.07, 6.45) is 8.40. The molecule has 7 heteroatoms. The lowest BCUT2D eigenvalue weighted by atomic mass is 9.94. The Balaban J connectivity index is 0.00000338. The molecular weight excluding hydrogens is 441 g/mol. The Hall–Kier alpha value is -0.570. The van der Waals surface area contributed by atoms with E-state index in [1.165, 1.54) is 32.1 Å². The average Bonchev–Trinajstić information content (AvgIpc) is 3.10. The predicted octanol–water partition coefficient (Wildman–Crippen LogP) is 2.43. The summed E-state index contributed by atoms with van der Waals surface area (Å²) in [6, 6.07) is 1.05. The number of nitrogens with one attached hydrogen (secondary N) is 2. The zero-order valence-corrected chi connectivity index (χ0v) is 19.1. The number of carbonyl (C=O) groups is 1. The van der Waals surface area contributed by atoms with Crippen LogP contribution in [0.5, 0.6) is 0 Å². The maximum Gasteiger partial charge on any atom is 0.222 e. The molecule has 2 fully saturated rings. The molecule has 1 unspecified atom stereocenters. The van der Waals surface area contributed by atoms with Gasteiger partial charge in [-0.2, -0.15) is 0 Å². The zero-order chi connectivity index (χ0) is 18.1. The summed E-state index contributed by atoms with van der Waals surface area (Å²) in [5, 5.41) is 6.84. The van der Waals surface area contributed by atoms with Crippen molar-refractivity contribution in [3.05, 3.63) is 0 Å². The van der Waals surface area contributed by atoms with E-state index in [0.717, 1.165) is 51.1 Å². The third kappa shape index (κ3) is 7.58. The largest absolute Gasteiger partial charge is 0.357 e. The van der Waals surface area contributed by atoms with E-state index < -0.39 is 0 Å². The number of guanidine groups is 1. The number of likely N-dealkylation sites (tertiary alicyclic amines) is 1. The highest BCUT2D eigenvalue weighted by Crippen LogP contribution is 2.21. The van der Waals surface area contributed by atoms with Crippen molar-refractivity contribution in [3.8, 4) is 0 Å². The standard InChI is InChI=1S/C19H37N5O.HI/c1-4-18(25)24-13-11-16(15-24)22-19(20-5-2)21-12-14-23(3)17-9-7-6-8-10-17;/h16-17H,4-15H2,1-3H3,(H2,20,21,22);1H. The van der Waals surface area contributed by atoms with Gasteiger partial charge in [0.15, 0.2) is 5.96 Å². The van der Waals surface area contributed by atoms with Crippen molar-refractivity contribution >= 4 is 35.8 Å². The van der Waals surface area contributed by atoms with E-state index in [0.29, 0.717) is 12.5 Å². The topological polar surface area (TPSA) is 60.0 Å². The van der Waals surface area contributed by atoms with Gasteiger partial charge in [-0.1, -0.05) is 26.2 Å². The minimum absolute atomic E-state index is 0. The van der Waals surface area contributed by atoms with Crippen molar-refractivity contribution < 1.29 is 4.79 Å². The summed E-state index contributed by atoms with van der Waals surface area (Å²) in [5.74, 6) is 1.13. The quantitative estimate of drug-likeness (QED) is 0.335. The summed E-state index contributed by atoms with van der Waals surface area (Å²) in [4.78, 5) is 21.0. The number of likely N-dealkylation sites (N-methyl/N-ethyl adjacent to an activating group) is 1. The van der Waals surface area contributed by atoms with Crippen LogP contribution in [0.4, 0.5) is 0 Å². The van der Waals surface area contributed by atoms with Crippen LogP contribution in [0, 0.1) is 0 Å².